The molecule has 0 bridgehead atoms. The minimum atomic E-state index is -0.277. The zero-order valence-electron chi connectivity index (χ0n) is 15.5. The van der Waals surface area contributed by atoms with Crippen molar-refractivity contribution >= 4 is 6.03 Å². The molecule has 4 nitrogen and oxygen atoms in total. The molecule has 2 amide bonds. The fraction of sp³-hybridized carbons (Fsp3) is 0.650. The maximum absolute atomic E-state index is 12.5. The summed E-state index contributed by atoms with van der Waals surface area (Å²) in [5.41, 5.74) is 1.32. The van der Waals surface area contributed by atoms with E-state index in [2.05, 4.69) is 50.4 Å². The number of benzene rings is 1. The van der Waals surface area contributed by atoms with E-state index >= 15 is 0 Å². The Hall–Kier alpha value is -1.55. The van der Waals surface area contributed by atoms with Crippen molar-refractivity contribution in [1.29, 1.82) is 0 Å². The highest BCUT2D eigenvalue weighted by atomic mass is 16.3. The summed E-state index contributed by atoms with van der Waals surface area (Å²) in [4.78, 5) is 14.3. The molecular weight excluding hydrogens is 300 g/mol. The Kier molecular flexibility index (Phi) is 6.27. The zero-order chi connectivity index (χ0) is 17.7. The van der Waals surface area contributed by atoms with Crippen LogP contribution in [0.2, 0.25) is 0 Å². The van der Waals surface area contributed by atoms with Gasteiger partial charge in [0.1, 0.15) is 0 Å². The van der Waals surface area contributed by atoms with Gasteiger partial charge in [-0.1, -0.05) is 44.2 Å². The van der Waals surface area contributed by atoms with Gasteiger partial charge in [0.15, 0.2) is 0 Å². The second-order valence-corrected chi connectivity index (χ2v) is 7.87. The summed E-state index contributed by atoms with van der Waals surface area (Å²) >= 11 is 0. The van der Waals surface area contributed by atoms with Crippen LogP contribution in [0.4, 0.5) is 4.79 Å². The number of amides is 2. The van der Waals surface area contributed by atoms with E-state index in [1.165, 1.54) is 5.56 Å². The normalized spacial score (nSPS) is 19.0. The third-order valence-corrected chi connectivity index (χ3v) is 5.25. The molecule has 0 saturated carbocycles. The maximum atomic E-state index is 12.5. The lowest BCUT2D eigenvalue weighted by Gasteiger charge is -2.35. The highest BCUT2D eigenvalue weighted by Gasteiger charge is 2.28. The molecule has 2 unspecified atom stereocenters. The first kappa shape index (κ1) is 18.8. The fourth-order valence-corrected chi connectivity index (χ4v) is 3.71. The van der Waals surface area contributed by atoms with E-state index < -0.39 is 0 Å². The molecule has 1 saturated heterocycles. The lowest BCUT2D eigenvalue weighted by atomic mass is 9.79. The van der Waals surface area contributed by atoms with E-state index in [0.29, 0.717) is 5.92 Å². The largest absolute Gasteiger partial charge is 0.393 e. The molecule has 134 valence electrons. The number of aliphatic hydroxyl groups is 1. The number of nitrogens with zero attached hydrogens (tertiary/aromatic N) is 1. The van der Waals surface area contributed by atoms with Crippen LogP contribution < -0.4 is 5.32 Å². The molecule has 0 aliphatic carbocycles. The molecule has 24 heavy (non-hydrogen) atoms. The fourth-order valence-electron chi connectivity index (χ4n) is 3.71. The van der Waals surface area contributed by atoms with Crippen molar-refractivity contribution in [2.75, 3.05) is 13.1 Å². The van der Waals surface area contributed by atoms with E-state index in [9.17, 15) is 9.90 Å². The first-order chi connectivity index (χ1) is 11.3. The molecule has 0 radical (unpaired) electrons. The summed E-state index contributed by atoms with van der Waals surface area (Å²) < 4.78 is 0. The molecule has 2 rings (SSSR count). The number of urea groups is 1. The van der Waals surface area contributed by atoms with Crippen molar-refractivity contribution < 1.29 is 9.90 Å². The molecule has 1 fully saturated rings. The van der Waals surface area contributed by atoms with Gasteiger partial charge in [-0.25, -0.2) is 4.79 Å². The summed E-state index contributed by atoms with van der Waals surface area (Å²) in [5, 5.41) is 12.8. The molecule has 0 spiro atoms. The summed E-state index contributed by atoms with van der Waals surface area (Å²) in [6.45, 7) is 9.82. The van der Waals surface area contributed by atoms with Crippen LogP contribution in [-0.2, 0) is 5.41 Å². The third-order valence-electron chi connectivity index (χ3n) is 5.25. The Morgan fingerprint density at radius 2 is 1.83 bits per heavy atom. The molecule has 1 aromatic carbocycles. The van der Waals surface area contributed by atoms with Crippen molar-refractivity contribution in [3.05, 3.63) is 35.9 Å². The number of rotatable bonds is 5. The first-order valence-corrected chi connectivity index (χ1v) is 9.08. The maximum Gasteiger partial charge on any atom is 0.317 e. The van der Waals surface area contributed by atoms with Crippen LogP contribution >= 0.6 is 0 Å². The van der Waals surface area contributed by atoms with Crippen LogP contribution in [0.1, 0.15) is 52.5 Å². The lowest BCUT2D eigenvalue weighted by Crippen LogP contribution is -2.49. The highest BCUT2D eigenvalue weighted by Crippen LogP contribution is 2.28. The van der Waals surface area contributed by atoms with E-state index in [1.54, 1.807) is 0 Å². The standard InChI is InChI=1S/C20H32N2O2/c1-15(14-20(3,4)18-8-6-5-7-9-18)21-19(24)22-12-10-17(11-13-22)16(2)23/h5-9,15-17,23H,10-14H2,1-4H3,(H,21,24). The third kappa shape index (κ3) is 4.97. The van der Waals surface area contributed by atoms with Gasteiger partial charge in [-0.15, -0.1) is 0 Å². The monoisotopic (exact) mass is 332 g/mol. The van der Waals surface area contributed by atoms with Gasteiger partial charge in [0.05, 0.1) is 6.10 Å². The minimum absolute atomic E-state index is 0.0211. The molecule has 2 atom stereocenters. The summed E-state index contributed by atoms with van der Waals surface area (Å²) in [7, 11) is 0. The van der Waals surface area contributed by atoms with Crippen LogP contribution in [0.15, 0.2) is 30.3 Å². The van der Waals surface area contributed by atoms with Crippen molar-refractivity contribution in [1.82, 2.24) is 10.2 Å². The van der Waals surface area contributed by atoms with E-state index in [0.717, 1.165) is 32.4 Å². The highest BCUT2D eigenvalue weighted by molar-refractivity contribution is 5.74. The minimum Gasteiger partial charge on any atom is -0.393 e. The lowest BCUT2D eigenvalue weighted by molar-refractivity contribution is 0.0792. The van der Waals surface area contributed by atoms with E-state index in [4.69, 9.17) is 0 Å². The van der Waals surface area contributed by atoms with Gasteiger partial charge in [0.25, 0.3) is 0 Å². The van der Waals surface area contributed by atoms with Gasteiger partial charge >= 0.3 is 6.03 Å². The van der Waals surface area contributed by atoms with Crippen LogP contribution in [-0.4, -0.2) is 41.3 Å². The summed E-state index contributed by atoms with van der Waals surface area (Å²) in [6.07, 6.45) is 2.39. The number of hydrogen-bond donors (Lipinski definition) is 2. The van der Waals surface area contributed by atoms with Crippen molar-refractivity contribution in [3.63, 3.8) is 0 Å². The predicted octanol–water partition coefficient (Wildman–Crippen LogP) is 3.55. The van der Waals surface area contributed by atoms with Gasteiger partial charge in [-0.05, 0) is 50.0 Å². The summed E-state index contributed by atoms with van der Waals surface area (Å²) in [5.74, 6) is 0.323. The molecule has 1 heterocycles. The van der Waals surface area contributed by atoms with Crippen molar-refractivity contribution in [3.8, 4) is 0 Å². The number of aliphatic hydroxyl groups excluding tert-OH is 1. The molecular formula is C20H32N2O2. The molecule has 1 aliphatic rings. The second kappa shape index (κ2) is 8.02. The van der Waals surface area contributed by atoms with Crippen LogP contribution in [0.5, 0.6) is 0 Å². The van der Waals surface area contributed by atoms with Gasteiger partial charge < -0.3 is 15.3 Å². The smallest absolute Gasteiger partial charge is 0.317 e. The molecule has 1 aromatic rings. The molecule has 2 N–H and O–H groups in total. The Morgan fingerprint density at radius 1 is 1.25 bits per heavy atom. The number of piperidine rings is 1. The van der Waals surface area contributed by atoms with Gasteiger partial charge in [0, 0.05) is 19.1 Å². The first-order valence-electron chi connectivity index (χ1n) is 9.08. The van der Waals surface area contributed by atoms with Gasteiger partial charge in [-0.2, -0.15) is 0 Å². The quantitative estimate of drug-likeness (QED) is 0.866. The van der Waals surface area contributed by atoms with Crippen molar-refractivity contribution in [2.24, 2.45) is 5.92 Å². The number of hydrogen-bond acceptors (Lipinski definition) is 2. The number of carbonyl (C=O) groups is 1. The average Bonchev–Trinajstić information content (AvgIpc) is 2.55. The summed E-state index contributed by atoms with van der Waals surface area (Å²) in [6, 6.07) is 10.6. The SMILES string of the molecule is CC(CC(C)(C)c1ccccc1)NC(=O)N1CCC(C(C)O)CC1. The van der Waals surface area contributed by atoms with E-state index in [1.807, 2.05) is 17.9 Å². The van der Waals surface area contributed by atoms with Crippen LogP contribution in [0.25, 0.3) is 0 Å². The zero-order valence-corrected chi connectivity index (χ0v) is 15.5. The Balaban J connectivity index is 1.84. The molecule has 0 aromatic heterocycles. The number of likely N-dealkylation sites (tertiary alicyclic amines) is 1. The predicted molar refractivity (Wildman–Crippen MR) is 98.1 cm³/mol. The number of carbonyl (C=O) groups excluding carboxylic acids is 1. The average molecular weight is 332 g/mol. The Morgan fingerprint density at radius 3 is 2.38 bits per heavy atom. The van der Waals surface area contributed by atoms with Crippen molar-refractivity contribution in [2.45, 2.75) is 64.5 Å². The Bertz CT molecular complexity index is 520. The molecule has 1 aliphatic heterocycles. The molecule has 4 heteroatoms. The van der Waals surface area contributed by atoms with Crippen LogP contribution in [0.3, 0.4) is 0 Å². The van der Waals surface area contributed by atoms with E-state index in [-0.39, 0.29) is 23.6 Å². The topological polar surface area (TPSA) is 52.6 Å². The van der Waals surface area contributed by atoms with Gasteiger partial charge in [-0.3, -0.25) is 0 Å². The van der Waals surface area contributed by atoms with Crippen LogP contribution in [0, 0.1) is 5.92 Å². The number of nitrogens with one attached hydrogen (secondary N) is 1. The second-order valence-electron chi connectivity index (χ2n) is 7.87. The Labute approximate surface area is 146 Å². The van der Waals surface area contributed by atoms with Gasteiger partial charge in [0.2, 0.25) is 0 Å².